The average Bonchev–Trinajstić information content (AvgIpc) is 2.61. The van der Waals surface area contributed by atoms with Crippen molar-refractivity contribution in [2.75, 3.05) is 32.6 Å². The number of nitrogens with one attached hydrogen (secondary N) is 1. The summed E-state index contributed by atoms with van der Waals surface area (Å²) < 4.78 is 10.6. The van der Waals surface area contributed by atoms with E-state index < -0.39 is 0 Å². The van der Waals surface area contributed by atoms with Crippen LogP contribution in [0.3, 0.4) is 0 Å². The topological polar surface area (TPSA) is 67.9 Å². The molecule has 0 saturated carbocycles. The lowest BCUT2D eigenvalue weighted by molar-refractivity contribution is -0.135. The molecule has 0 aliphatic carbocycles. The molecule has 2 rings (SSSR count). The molecule has 1 N–H and O–H groups in total. The number of carbonyl (C=O) groups excluding carboxylic acids is 2. The maximum atomic E-state index is 12.2. The molecule has 0 aromatic heterocycles. The first-order chi connectivity index (χ1) is 12.4. The van der Waals surface area contributed by atoms with Crippen LogP contribution in [0.4, 0.5) is 5.69 Å². The molecular weight excluding hydrogens is 356 g/mol. The van der Waals surface area contributed by atoms with Crippen LogP contribution in [0.15, 0.2) is 42.5 Å². The van der Waals surface area contributed by atoms with Crippen molar-refractivity contribution in [1.29, 1.82) is 0 Å². The number of hydrogen-bond acceptors (Lipinski definition) is 4. The van der Waals surface area contributed by atoms with Crippen molar-refractivity contribution >= 4 is 29.1 Å². The molecule has 0 unspecified atom stereocenters. The first kappa shape index (κ1) is 19.6. The molecule has 2 aromatic rings. The molecule has 2 aromatic carbocycles. The quantitative estimate of drug-likeness (QED) is 0.806. The van der Waals surface area contributed by atoms with Gasteiger partial charge in [-0.05, 0) is 37.3 Å². The van der Waals surface area contributed by atoms with Crippen LogP contribution in [0.2, 0.25) is 5.02 Å². The first-order valence-electron chi connectivity index (χ1n) is 7.96. The highest BCUT2D eigenvalue weighted by Gasteiger charge is 2.15. The number of halogens is 1. The molecule has 138 valence electrons. The van der Waals surface area contributed by atoms with Gasteiger partial charge in [0.25, 0.3) is 5.91 Å². The lowest BCUT2D eigenvalue weighted by Gasteiger charge is -2.18. The van der Waals surface area contributed by atoms with Crippen LogP contribution >= 0.6 is 11.6 Å². The van der Waals surface area contributed by atoms with Crippen LogP contribution in [0.25, 0.3) is 0 Å². The van der Waals surface area contributed by atoms with Crippen molar-refractivity contribution in [2.24, 2.45) is 0 Å². The molecule has 0 aliphatic heterocycles. The molecule has 0 bridgehead atoms. The van der Waals surface area contributed by atoms with E-state index in [1.165, 1.54) is 19.1 Å². The van der Waals surface area contributed by atoms with E-state index in [0.29, 0.717) is 22.2 Å². The fourth-order valence-corrected chi connectivity index (χ4v) is 2.33. The third-order valence-electron chi connectivity index (χ3n) is 3.63. The molecule has 6 nitrogen and oxygen atoms in total. The minimum atomic E-state index is -0.364. The van der Waals surface area contributed by atoms with E-state index in [-0.39, 0.29) is 25.0 Å². The van der Waals surface area contributed by atoms with E-state index in [9.17, 15) is 9.59 Å². The summed E-state index contributed by atoms with van der Waals surface area (Å²) in [7, 11) is 3.03. The van der Waals surface area contributed by atoms with Crippen LogP contribution in [-0.4, -0.2) is 44.0 Å². The molecule has 0 fully saturated rings. The van der Waals surface area contributed by atoms with E-state index in [0.717, 1.165) is 5.56 Å². The fraction of sp³-hybridized carbons (Fsp3) is 0.263. The molecule has 26 heavy (non-hydrogen) atoms. The van der Waals surface area contributed by atoms with Gasteiger partial charge in [0, 0.05) is 12.1 Å². The molecule has 0 atom stereocenters. The van der Waals surface area contributed by atoms with Gasteiger partial charge in [0.2, 0.25) is 5.91 Å². The van der Waals surface area contributed by atoms with Crippen LogP contribution in [0.5, 0.6) is 11.5 Å². The minimum absolute atomic E-state index is 0.119. The second kappa shape index (κ2) is 9.10. The van der Waals surface area contributed by atoms with Gasteiger partial charge in [0.15, 0.2) is 6.61 Å². The van der Waals surface area contributed by atoms with Crippen LogP contribution < -0.4 is 14.8 Å². The number of methoxy groups -OCH3 is 1. The highest BCUT2D eigenvalue weighted by atomic mass is 35.5. The number of benzene rings is 2. The van der Waals surface area contributed by atoms with Gasteiger partial charge in [-0.1, -0.05) is 29.3 Å². The Bertz CT molecular complexity index is 778. The van der Waals surface area contributed by atoms with Gasteiger partial charge in [0.1, 0.15) is 11.5 Å². The number of aryl methyl sites for hydroxylation is 1. The maximum Gasteiger partial charge on any atom is 0.260 e. The Morgan fingerprint density at radius 1 is 1.15 bits per heavy atom. The molecule has 0 aliphatic rings. The summed E-state index contributed by atoms with van der Waals surface area (Å²) in [5.41, 5.74) is 1.55. The second-order valence-electron chi connectivity index (χ2n) is 5.74. The molecule has 7 heteroatoms. The van der Waals surface area contributed by atoms with Gasteiger partial charge in [-0.3, -0.25) is 9.59 Å². The standard InChI is InChI=1S/C19H21ClN2O4/c1-13-4-7-15(8-5-13)26-12-19(24)22(2)11-18(23)21-16-10-14(20)6-9-17(16)25-3/h4-10H,11-12H2,1-3H3,(H,21,23). The number of hydrogen-bond donors (Lipinski definition) is 1. The zero-order valence-corrected chi connectivity index (χ0v) is 15.7. The summed E-state index contributed by atoms with van der Waals surface area (Å²) >= 11 is 5.93. The number of carbonyl (C=O) groups is 2. The van der Waals surface area contributed by atoms with Crippen molar-refractivity contribution in [1.82, 2.24) is 4.90 Å². The number of amides is 2. The van der Waals surface area contributed by atoms with Crippen molar-refractivity contribution < 1.29 is 19.1 Å². The summed E-state index contributed by atoms with van der Waals surface area (Å²) in [5.74, 6) is 0.417. The van der Waals surface area contributed by atoms with Crippen molar-refractivity contribution in [3.8, 4) is 11.5 Å². The SMILES string of the molecule is COc1ccc(Cl)cc1NC(=O)CN(C)C(=O)COc1ccc(C)cc1. The van der Waals surface area contributed by atoms with E-state index in [1.54, 1.807) is 30.3 Å². The maximum absolute atomic E-state index is 12.2. The fourth-order valence-electron chi connectivity index (χ4n) is 2.16. The molecular formula is C19H21ClN2O4. The zero-order chi connectivity index (χ0) is 19.1. The number of anilines is 1. The van der Waals surface area contributed by atoms with Gasteiger partial charge in [0.05, 0.1) is 19.3 Å². The van der Waals surface area contributed by atoms with Crippen LogP contribution in [0, 0.1) is 6.92 Å². The van der Waals surface area contributed by atoms with E-state index in [2.05, 4.69) is 5.32 Å². The molecule has 0 radical (unpaired) electrons. The second-order valence-corrected chi connectivity index (χ2v) is 6.18. The largest absolute Gasteiger partial charge is 0.495 e. The smallest absolute Gasteiger partial charge is 0.260 e. The summed E-state index contributed by atoms with van der Waals surface area (Å²) in [6, 6.07) is 12.3. The Labute approximate surface area is 157 Å². The lowest BCUT2D eigenvalue weighted by Crippen LogP contribution is -2.37. The summed E-state index contributed by atoms with van der Waals surface area (Å²) in [4.78, 5) is 25.6. The lowest BCUT2D eigenvalue weighted by atomic mass is 10.2. The van der Waals surface area contributed by atoms with Crippen molar-refractivity contribution in [2.45, 2.75) is 6.92 Å². The van der Waals surface area contributed by atoms with Gasteiger partial charge >= 0.3 is 0 Å². The highest BCUT2D eigenvalue weighted by Crippen LogP contribution is 2.27. The number of ether oxygens (including phenoxy) is 2. The highest BCUT2D eigenvalue weighted by molar-refractivity contribution is 6.31. The monoisotopic (exact) mass is 376 g/mol. The summed E-state index contributed by atoms with van der Waals surface area (Å²) in [6.45, 7) is 1.70. The number of nitrogens with zero attached hydrogens (tertiary/aromatic N) is 1. The molecule has 0 heterocycles. The Morgan fingerprint density at radius 2 is 1.85 bits per heavy atom. The first-order valence-corrected chi connectivity index (χ1v) is 8.33. The normalized spacial score (nSPS) is 10.2. The predicted molar refractivity (Wildman–Crippen MR) is 101 cm³/mol. The number of likely N-dealkylation sites (N-methyl/N-ethyl adjacent to an activating group) is 1. The van der Waals surface area contributed by atoms with Crippen molar-refractivity contribution in [3.63, 3.8) is 0 Å². The van der Waals surface area contributed by atoms with Gasteiger partial charge in [-0.2, -0.15) is 0 Å². The Balaban J connectivity index is 1.87. The predicted octanol–water partition coefficient (Wildman–Crippen LogP) is 3.13. The molecule has 2 amide bonds. The Kier molecular flexibility index (Phi) is 6.86. The van der Waals surface area contributed by atoms with Gasteiger partial charge < -0.3 is 19.7 Å². The molecule has 0 spiro atoms. The van der Waals surface area contributed by atoms with E-state index in [1.807, 2.05) is 19.1 Å². The summed E-state index contributed by atoms with van der Waals surface area (Å²) in [6.07, 6.45) is 0. The van der Waals surface area contributed by atoms with E-state index in [4.69, 9.17) is 21.1 Å². The number of rotatable bonds is 7. The zero-order valence-electron chi connectivity index (χ0n) is 14.9. The Hall–Kier alpha value is -2.73. The van der Waals surface area contributed by atoms with E-state index >= 15 is 0 Å². The van der Waals surface area contributed by atoms with Crippen LogP contribution in [-0.2, 0) is 9.59 Å². The van der Waals surface area contributed by atoms with Crippen molar-refractivity contribution in [3.05, 3.63) is 53.1 Å². The molecule has 0 saturated heterocycles. The summed E-state index contributed by atoms with van der Waals surface area (Å²) in [5, 5.41) is 3.15. The Morgan fingerprint density at radius 3 is 2.50 bits per heavy atom. The van der Waals surface area contributed by atoms with Crippen LogP contribution in [0.1, 0.15) is 5.56 Å². The third-order valence-corrected chi connectivity index (χ3v) is 3.86. The third kappa shape index (κ3) is 5.67. The van der Waals surface area contributed by atoms with Gasteiger partial charge in [-0.15, -0.1) is 0 Å². The average molecular weight is 377 g/mol. The van der Waals surface area contributed by atoms with Gasteiger partial charge in [-0.25, -0.2) is 0 Å². The minimum Gasteiger partial charge on any atom is -0.495 e.